The van der Waals surface area contributed by atoms with Gasteiger partial charge in [0.05, 0.1) is 6.54 Å². The number of carbonyl (C=O) groups excluding carboxylic acids is 1. The molecule has 1 aromatic rings. The zero-order valence-corrected chi connectivity index (χ0v) is 10.2. The number of carbonyl (C=O) groups is 1. The van der Waals surface area contributed by atoms with Crippen molar-refractivity contribution in [2.24, 2.45) is 0 Å². The Bertz CT molecular complexity index is 397. The number of amides is 1. The maximum Gasteiger partial charge on any atom is 0.414 e. The first-order valence-corrected chi connectivity index (χ1v) is 5.84. The number of halogens is 1. The fraction of sp³-hybridized carbons (Fsp3) is 0.364. The van der Waals surface area contributed by atoms with E-state index in [1.54, 1.807) is 4.90 Å². The molecule has 1 heterocycles. The Balaban J connectivity index is 2.13. The van der Waals surface area contributed by atoms with Crippen molar-refractivity contribution in [3.05, 3.63) is 28.7 Å². The van der Waals surface area contributed by atoms with Crippen LogP contribution in [0.4, 0.5) is 10.5 Å². The monoisotopic (exact) mass is 285 g/mol. The summed E-state index contributed by atoms with van der Waals surface area (Å²) in [5, 5.41) is 8.80. The summed E-state index contributed by atoms with van der Waals surface area (Å²) in [6, 6.07) is 7.48. The summed E-state index contributed by atoms with van der Waals surface area (Å²) in [6.07, 6.45) is -0.0796. The minimum atomic E-state index is -0.350. The van der Waals surface area contributed by atoms with Crippen molar-refractivity contribution in [1.82, 2.24) is 0 Å². The lowest BCUT2D eigenvalue weighted by Gasteiger charge is -2.12. The highest BCUT2D eigenvalue weighted by molar-refractivity contribution is 9.10. The van der Waals surface area contributed by atoms with Crippen LogP contribution in [-0.4, -0.2) is 30.5 Å². The molecule has 0 aromatic heterocycles. The maximum absolute atomic E-state index is 11.6. The number of ether oxygens (including phenoxy) is 1. The molecule has 0 radical (unpaired) electrons. The van der Waals surface area contributed by atoms with Gasteiger partial charge in [-0.15, -0.1) is 0 Å². The van der Waals surface area contributed by atoms with Gasteiger partial charge in [-0.1, -0.05) is 22.0 Å². The zero-order valence-electron chi connectivity index (χ0n) is 8.60. The molecule has 16 heavy (non-hydrogen) atoms. The summed E-state index contributed by atoms with van der Waals surface area (Å²) in [7, 11) is 0. The van der Waals surface area contributed by atoms with E-state index in [0.29, 0.717) is 13.0 Å². The van der Waals surface area contributed by atoms with Crippen LogP contribution >= 0.6 is 15.9 Å². The topological polar surface area (TPSA) is 49.8 Å². The van der Waals surface area contributed by atoms with Gasteiger partial charge in [0.15, 0.2) is 0 Å². The third kappa shape index (κ3) is 2.36. The average Bonchev–Trinajstić information content (AvgIpc) is 2.60. The Labute approximate surface area is 102 Å². The Morgan fingerprint density at radius 3 is 3.06 bits per heavy atom. The lowest BCUT2D eigenvalue weighted by Crippen LogP contribution is -2.24. The molecule has 0 bridgehead atoms. The van der Waals surface area contributed by atoms with Crippen LogP contribution in [0.25, 0.3) is 0 Å². The van der Waals surface area contributed by atoms with Crippen LogP contribution in [-0.2, 0) is 4.74 Å². The van der Waals surface area contributed by atoms with Gasteiger partial charge in [-0.3, -0.25) is 4.90 Å². The van der Waals surface area contributed by atoms with E-state index in [2.05, 4.69) is 15.9 Å². The number of rotatable bonds is 3. The van der Waals surface area contributed by atoms with Gasteiger partial charge in [0, 0.05) is 23.2 Å². The first-order chi connectivity index (χ1) is 7.70. The van der Waals surface area contributed by atoms with Crippen molar-refractivity contribution in [3.8, 4) is 0 Å². The molecule has 1 aliphatic rings. The average molecular weight is 286 g/mol. The number of aliphatic hydroxyl groups excluding tert-OH is 1. The quantitative estimate of drug-likeness (QED) is 0.926. The van der Waals surface area contributed by atoms with E-state index in [-0.39, 0.29) is 18.8 Å². The van der Waals surface area contributed by atoms with Crippen molar-refractivity contribution in [3.63, 3.8) is 0 Å². The number of aliphatic hydroxyl groups is 1. The first-order valence-electron chi connectivity index (χ1n) is 5.05. The molecule has 0 saturated carbocycles. The second-order valence-corrected chi connectivity index (χ2v) is 4.52. The third-order valence-corrected chi connectivity index (χ3v) is 2.94. The van der Waals surface area contributed by atoms with Crippen LogP contribution in [0.1, 0.15) is 6.42 Å². The minimum Gasteiger partial charge on any atom is -0.444 e. The molecule has 1 fully saturated rings. The lowest BCUT2D eigenvalue weighted by atomic mass is 10.2. The van der Waals surface area contributed by atoms with Crippen molar-refractivity contribution >= 4 is 27.7 Å². The second-order valence-electron chi connectivity index (χ2n) is 3.61. The van der Waals surface area contributed by atoms with Gasteiger partial charge >= 0.3 is 6.09 Å². The predicted octanol–water partition coefficient (Wildman–Crippen LogP) is 2.16. The molecular formula is C11H12BrNO3. The highest BCUT2D eigenvalue weighted by atomic mass is 79.9. The Kier molecular flexibility index (Phi) is 3.46. The fourth-order valence-corrected chi connectivity index (χ4v) is 2.06. The first kappa shape index (κ1) is 11.4. The van der Waals surface area contributed by atoms with Crippen LogP contribution in [0.15, 0.2) is 28.7 Å². The largest absolute Gasteiger partial charge is 0.444 e. The normalized spacial score (nSPS) is 20.0. The van der Waals surface area contributed by atoms with Crippen molar-refractivity contribution in [2.45, 2.75) is 12.5 Å². The van der Waals surface area contributed by atoms with Gasteiger partial charge in [0.25, 0.3) is 0 Å². The SMILES string of the molecule is O=C1OC(CCO)CN1c1cccc(Br)c1. The fourth-order valence-electron chi connectivity index (χ4n) is 1.67. The highest BCUT2D eigenvalue weighted by Crippen LogP contribution is 2.25. The highest BCUT2D eigenvalue weighted by Gasteiger charge is 2.31. The third-order valence-electron chi connectivity index (χ3n) is 2.45. The van der Waals surface area contributed by atoms with Crippen LogP contribution in [0, 0.1) is 0 Å². The molecule has 4 nitrogen and oxygen atoms in total. The Hall–Kier alpha value is -1.07. The van der Waals surface area contributed by atoms with Gasteiger partial charge in [-0.05, 0) is 18.2 Å². The number of cyclic esters (lactones) is 1. The Morgan fingerprint density at radius 2 is 2.38 bits per heavy atom. The molecule has 2 rings (SSSR count). The maximum atomic E-state index is 11.6. The second kappa shape index (κ2) is 4.84. The van der Waals surface area contributed by atoms with Gasteiger partial charge in [-0.2, -0.15) is 0 Å². The van der Waals surface area contributed by atoms with Gasteiger partial charge in [-0.25, -0.2) is 4.79 Å². The molecule has 1 aromatic carbocycles. The van der Waals surface area contributed by atoms with E-state index in [1.807, 2.05) is 24.3 Å². The molecule has 0 aliphatic carbocycles. The molecule has 1 amide bonds. The Morgan fingerprint density at radius 1 is 1.56 bits per heavy atom. The predicted molar refractivity (Wildman–Crippen MR) is 63.5 cm³/mol. The summed E-state index contributed by atoms with van der Waals surface area (Å²) in [5.41, 5.74) is 0.805. The number of benzene rings is 1. The van der Waals surface area contributed by atoms with E-state index in [0.717, 1.165) is 10.2 Å². The molecule has 1 N–H and O–H groups in total. The molecule has 5 heteroatoms. The molecular weight excluding hydrogens is 274 g/mol. The van der Waals surface area contributed by atoms with Crippen molar-refractivity contribution in [1.29, 1.82) is 0 Å². The number of anilines is 1. The van der Waals surface area contributed by atoms with E-state index >= 15 is 0 Å². The number of hydrogen-bond donors (Lipinski definition) is 1. The van der Waals surface area contributed by atoms with Crippen LogP contribution in [0.5, 0.6) is 0 Å². The van der Waals surface area contributed by atoms with E-state index in [1.165, 1.54) is 0 Å². The summed E-state index contributed by atoms with van der Waals surface area (Å²) in [6.45, 7) is 0.528. The zero-order chi connectivity index (χ0) is 11.5. The summed E-state index contributed by atoms with van der Waals surface area (Å²) < 4.78 is 6.04. The molecule has 1 atom stereocenters. The summed E-state index contributed by atoms with van der Waals surface area (Å²) in [5.74, 6) is 0. The van der Waals surface area contributed by atoms with E-state index in [4.69, 9.17) is 9.84 Å². The van der Waals surface area contributed by atoms with Crippen LogP contribution < -0.4 is 4.90 Å². The van der Waals surface area contributed by atoms with Gasteiger partial charge in [0.2, 0.25) is 0 Å². The van der Waals surface area contributed by atoms with Crippen LogP contribution in [0.3, 0.4) is 0 Å². The lowest BCUT2D eigenvalue weighted by molar-refractivity contribution is 0.122. The van der Waals surface area contributed by atoms with Gasteiger partial charge in [0.1, 0.15) is 6.10 Å². The molecule has 1 saturated heterocycles. The van der Waals surface area contributed by atoms with Gasteiger partial charge < -0.3 is 9.84 Å². The van der Waals surface area contributed by atoms with Crippen LogP contribution in [0.2, 0.25) is 0 Å². The molecule has 0 spiro atoms. The van der Waals surface area contributed by atoms with Crippen molar-refractivity contribution in [2.75, 3.05) is 18.1 Å². The standard InChI is InChI=1S/C11H12BrNO3/c12-8-2-1-3-9(6-8)13-7-10(4-5-14)16-11(13)15/h1-3,6,10,14H,4-5,7H2. The molecule has 86 valence electrons. The molecule has 1 unspecified atom stereocenters. The number of nitrogens with zero attached hydrogens (tertiary/aromatic N) is 1. The smallest absolute Gasteiger partial charge is 0.414 e. The van der Waals surface area contributed by atoms with E-state index in [9.17, 15) is 4.79 Å². The number of hydrogen-bond acceptors (Lipinski definition) is 3. The summed E-state index contributed by atoms with van der Waals surface area (Å²) in [4.78, 5) is 13.2. The van der Waals surface area contributed by atoms with Crippen molar-refractivity contribution < 1.29 is 14.6 Å². The summed E-state index contributed by atoms with van der Waals surface area (Å²) >= 11 is 3.36. The van der Waals surface area contributed by atoms with E-state index < -0.39 is 0 Å². The minimum absolute atomic E-state index is 0.0320. The molecule has 1 aliphatic heterocycles.